The first-order chi connectivity index (χ1) is 18.8. The van der Waals surface area contributed by atoms with Crippen LogP contribution in [0.3, 0.4) is 0 Å². The van der Waals surface area contributed by atoms with Crippen LogP contribution < -0.4 is 14.8 Å². The average Bonchev–Trinajstić information content (AvgIpc) is 3.33. The van der Waals surface area contributed by atoms with Crippen LogP contribution >= 0.6 is 11.3 Å². The highest BCUT2D eigenvalue weighted by atomic mass is 32.1. The molecule has 4 aromatic heterocycles. The lowest BCUT2D eigenvalue weighted by atomic mass is 10.1. The standard InChI is InChI=1S/C25H22FN7O5S/c1-12-4-15(21-17(5-12)31-20(36-3)9-29-21)23-32-18-6-16(26)22(33-24(18)39-23)37-11-13(2)38-25(35)30-14-7-27-19(10-34)28-8-14/h4-9,13,34H,10-11H2,1-3H3,(H,30,35)/t13-/m1/s1. The molecule has 1 atom stereocenters. The molecule has 2 N–H and O–H groups in total. The molecule has 0 saturated heterocycles. The Morgan fingerprint density at radius 1 is 1.10 bits per heavy atom. The number of pyridine rings is 1. The summed E-state index contributed by atoms with van der Waals surface area (Å²) < 4.78 is 30.7. The molecule has 1 aromatic carbocycles. The van der Waals surface area contributed by atoms with E-state index in [4.69, 9.17) is 19.3 Å². The number of carbonyl (C=O) groups excluding carboxylic acids is 1. The summed E-state index contributed by atoms with van der Waals surface area (Å²) in [5.74, 6) is -0.317. The molecule has 0 spiro atoms. The number of hydrogen-bond donors (Lipinski definition) is 2. The van der Waals surface area contributed by atoms with Crippen molar-refractivity contribution in [1.82, 2.24) is 29.9 Å². The molecule has 0 saturated carbocycles. The Balaban J connectivity index is 1.29. The van der Waals surface area contributed by atoms with Crippen molar-refractivity contribution in [1.29, 1.82) is 0 Å². The Bertz CT molecular complexity index is 1670. The number of methoxy groups -OCH3 is 1. The zero-order valence-corrected chi connectivity index (χ0v) is 21.8. The van der Waals surface area contributed by atoms with Crippen LogP contribution in [0, 0.1) is 12.7 Å². The van der Waals surface area contributed by atoms with Gasteiger partial charge in [0.05, 0.1) is 42.4 Å². The topological polar surface area (TPSA) is 154 Å². The molecule has 12 nitrogen and oxygen atoms in total. The highest BCUT2D eigenvalue weighted by molar-refractivity contribution is 7.21. The molecule has 0 aliphatic carbocycles. The first-order valence-electron chi connectivity index (χ1n) is 11.6. The second kappa shape index (κ2) is 11.0. The van der Waals surface area contributed by atoms with Crippen molar-refractivity contribution in [2.45, 2.75) is 26.6 Å². The van der Waals surface area contributed by atoms with Gasteiger partial charge in [0, 0.05) is 11.6 Å². The van der Waals surface area contributed by atoms with Crippen LogP contribution in [0.25, 0.3) is 32.0 Å². The summed E-state index contributed by atoms with van der Waals surface area (Å²) in [5.41, 5.74) is 3.65. The predicted molar refractivity (Wildman–Crippen MR) is 140 cm³/mol. The number of aryl methyl sites for hydroxylation is 1. The van der Waals surface area contributed by atoms with Gasteiger partial charge in [-0.15, -0.1) is 0 Å². The number of nitrogens with zero attached hydrogens (tertiary/aromatic N) is 6. The third-order valence-electron chi connectivity index (χ3n) is 5.37. The van der Waals surface area contributed by atoms with Crippen LogP contribution in [-0.2, 0) is 11.3 Å². The third kappa shape index (κ3) is 5.81. The number of benzene rings is 1. The van der Waals surface area contributed by atoms with E-state index in [1.165, 1.54) is 43.1 Å². The van der Waals surface area contributed by atoms with E-state index in [2.05, 4.69) is 35.2 Å². The van der Waals surface area contributed by atoms with Crippen LogP contribution in [0.4, 0.5) is 14.9 Å². The second-order valence-corrected chi connectivity index (χ2v) is 9.39. The zero-order valence-electron chi connectivity index (χ0n) is 21.0. The van der Waals surface area contributed by atoms with Gasteiger partial charge in [-0.25, -0.2) is 34.1 Å². The number of anilines is 1. The number of hydrogen-bond acceptors (Lipinski definition) is 12. The quantitative estimate of drug-likeness (QED) is 0.287. The third-order valence-corrected chi connectivity index (χ3v) is 6.37. The maximum Gasteiger partial charge on any atom is 0.412 e. The number of fused-ring (bicyclic) bond motifs is 2. The lowest BCUT2D eigenvalue weighted by Crippen LogP contribution is -2.25. The van der Waals surface area contributed by atoms with Crippen molar-refractivity contribution in [2.75, 3.05) is 19.0 Å². The van der Waals surface area contributed by atoms with Crippen molar-refractivity contribution < 1.29 is 28.5 Å². The Hall–Kier alpha value is -4.56. The predicted octanol–water partition coefficient (Wildman–Crippen LogP) is 4.06. The van der Waals surface area contributed by atoms with Gasteiger partial charge in [-0.1, -0.05) is 11.3 Å². The summed E-state index contributed by atoms with van der Waals surface area (Å²) in [7, 11) is 1.52. The number of aliphatic hydroxyl groups is 1. The van der Waals surface area contributed by atoms with Crippen LogP contribution in [0.2, 0.25) is 0 Å². The summed E-state index contributed by atoms with van der Waals surface area (Å²) in [6.07, 6.45) is 2.70. The van der Waals surface area contributed by atoms with Gasteiger partial charge in [0.1, 0.15) is 34.7 Å². The van der Waals surface area contributed by atoms with E-state index in [1.807, 2.05) is 19.1 Å². The van der Waals surface area contributed by atoms with E-state index in [9.17, 15) is 9.18 Å². The maximum absolute atomic E-state index is 14.8. The van der Waals surface area contributed by atoms with E-state index < -0.39 is 18.0 Å². The zero-order chi connectivity index (χ0) is 27.5. The summed E-state index contributed by atoms with van der Waals surface area (Å²) >= 11 is 1.26. The number of amides is 1. The molecule has 0 aliphatic heterocycles. The lowest BCUT2D eigenvalue weighted by Gasteiger charge is -2.14. The molecule has 0 fully saturated rings. The maximum atomic E-state index is 14.8. The first kappa shape index (κ1) is 26.1. The Labute approximate surface area is 224 Å². The van der Waals surface area contributed by atoms with Gasteiger partial charge in [0.15, 0.2) is 11.6 Å². The smallest absolute Gasteiger partial charge is 0.412 e. The minimum absolute atomic E-state index is 0.144. The summed E-state index contributed by atoms with van der Waals surface area (Å²) in [6.45, 7) is 3.07. The van der Waals surface area contributed by atoms with Gasteiger partial charge in [-0.3, -0.25) is 5.32 Å². The van der Waals surface area contributed by atoms with Gasteiger partial charge < -0.3 is 19.3 Å². The number of aliphatic hydroxyl groups excluding tert-OH is 1. The number of rotatable bonds is 8. The summed E-state index contributed by atoms with van der Waals surface area (Å²) in [6, 6.07) is 5.08. The van der Waals surface area contributed by atoms with E-state index in [1.54, 1.807) is 6.92 Å². The second-order valence-electron chi connectivity index (χ2n) is 8.41. The van der Waals surface area contributed by atoms with E-state index >= 15 is 0 Å². The van der Waals surface area contributed by atoms with E-state index in [0.717, 1.165) is 11.1 Å². The van der Waals surface area contributed by atoms with Gasteiger partial charge in [0.25, 0.3) is 5.88 Å². The SMILES string of the molecule is COc1cnc2c(-c3nc4cc(F)c(OC[C@@H](C)OC(=O)Nc5cnc(CO)nc5)nc4s3)cc(C)cc2n1. The molecule has 0 aliphatic rings. The highest BCUT2D eigenvalue weighted by Crippen LogP contribution is 2.35. The molecule has 4 heterocycles. The molecule has 14 heteroatoms. The fourth-order valence-electron chi connectivity index (χ4n) is 3.61. The number of ether oxygens (including phenoxy) is 3. The first-order valence-corrected chi connectivity index (χ1v) is 12.5. The minimum Gasteiger partial charge on any atom is -0.480 e. The molecular weight excluding hydrogens is 529 g/mol. The Morgan fingerprint density at radius 3 is 2.64 bits per heavy atom. The monoisotopic (exact) mass is 551 g/mol. The van der Waals surface area contributed by atoms with Gasteiger partial charge in [-0.05, 0) is 31.5 Å². The molecule has 5 aromatic rings. The number of carbonyl (C=O) groups is 1. The molecule has 0 radical (unpaired) electrons. The summed E-state index contributed by atoms with van der Waals surface area (Å²) in [4.78, 5) is 38.1. The fraction of sp³-hybridized carbons (Fsp3) is 0.240. The molecular formula is C25H22FN7O5S. The molecule has 39 heavy (non-hydrogen) atoms. The van der Waals surface area contributed by atoms with Gasteiger partial charge in [-0.2, -0.15) is 4.98 Å². The van der Waals surface area contributed by atoms with E-state index in [0.29, 0.717) is 32.3 Å². The largest absolute Gasteiger partial charge is 0.480 e. The fourth-order valence-corrected chi connectivity index (χ4v) is 4.54. The molecule has 1 amide bonds. The molecule has 0 unspecified atom stereocenters. The number of nitrogens with one attached hydrogen (secondary N) is 1. The van der Waals surface area contributed by atoms with Crippen molar-refractivity contribution in [2.24, 2.45) is 0 Å². The van der Waals surface area contributed by atoms with Crippen molar-refractivity contribution in [3.8, 4) is 22.3 Å². The minimum atomic E-state index is -0.770. The number of halogens is 1. The Kier molecular flexibility index (Phi) is 7.38. The number of aromatic nitrogens is 6. The average molecular weight is 552 g/mol. The molecule has 0 bridgehead atoms. The van der Waals surface area contributed by atoms with Crippen molar-refractivity contribution in [3.05, 3.63) is 54.0 Å². The normalized spacial score (nSPS) is 11.9. The van der Waals surface area contributed by atoms with Crippen molar-refractivity contribution >= 4 is 44.5 Å². The van der Waals surface area contributed by atoms with Gasteiger partial charge in [0.2, 0.25) is 5.88 Å². The summed E-state index contributed by atoms with van der Waals surface area (Å²) in [5, 5.41) is 12.1. The van der Waals surface area contributed by atoms with Gasteiger partial charge >= 0.3 is 6.09 Å². The van der Waals surface area contributed by atoms with Crippen LogP contribution in [0.15, 0.2) is 36.8 Å². The van der Waals surface area contributed by atoms with Crippen LogP contribution in [0.1, 0.15) is 18.3 Å². The van der Waals surface area contributed by atoms with Crippen molar-refractivity contribution in [3.63, 3.8) is 0 Å². The lowest BCUT2D eigenvalue weighted by molar-refractivity contribution is 0.0827. The highest BCUT2D eigenvalue weighted by Gasteiger charge is 2.18. The van der Waals surface area contributed by atoms with Crippen LogP contribution in [0.5, 0.6) is 11.8 Å². The van der Waals surface area contributed by atoms with E-state index in [-0.39, 0.29) is 30.6 Å². The molecule has 200 valence electrons. The number of thiazole rings is 1. The molecule has 5 rings (SSSR count). The van der Waals surface area contributed by atoms with Crippen LogP contribution in [-0.4, -0.2) is 60.9 Å². The Morgan fingerprint density at radius 2 is 1.90 bits per heavy atom.